The van der Waals surface area contributed by atoms with Crippen LogP contribution < -0.4 is 0 Å². The molecule has 0 aromatic carbocycles. The van der Waals surface area contributed by atoms with Crippen molar-refractivity contribution in [3.05, 3.63) is 0 Å². The lowest BCUT2D eigenvalue weighted by molar-refractivity contribution is 0.111. The largest absolute Gasteiger partial charge is 0.487 e. The van der Waals surface area contributed by atoms with E-state index in [0.717, 1.165) is 0 Å². The van der Waals surface area contributed by atoms with E-state index in [1.54, 1.807) is 0 Å². The molecule has 0 amide bonds. The van der Waals surface area contributed by atoms with Gasteiger partial charge in [0, 0.05) is 12.2 Å². The Morgan fingerprint density at radius 2 is 1.56 bits per heavy atom. The van der Waals surface area contributed by atoms with Gasteiger partial charge in [0.2, 0.25) is 0 Å². The Kier molecular flexibility index (Phi) is 7.38. The second-order valence-electron chi connectivity index (χ2n) is 4.45. The number of hydrogen-bond donors (Lipinski definition) is 0. The van der Waals surface area contributed by atoms with Crippen LogP contribution in [0.3, 0.4) is 0 Å². The van der Waals surface area contributed by atoms with Gasteiger partial charge in [0.25, 0.3) is 0 Å². The first-order valence-electron chi connectivity index (χ1n) is 5.80. The molecule has 0 fully saturated rings. The summed E-state index contributed by atoms with van der Waals surface area (Å²) in [5.41, 5.74) is 0. The highest BCUT2D eigenvalue weighted by atomic mass is 32.1. The van der Waals surface area contributed by atoms with Crippen molar-refractivity contribution >= 4 is 25.8 Å². The fourth-order valence-electron chi connectivity index (χ4n) is 1.58. The van der Waals surface area contributed by atoms with Gasteiger partial charge >= 0.3 is 8.56 Å². The minimum atomic E-state index is -2.24. The minimum Gasteiger partial charge on any atom is -0.487 e. The summed E-state index contributed by atoms with van der Waals surface area (Å²) in [7, 11) is -2.24. The Hall–Kier alpha value is 0.0269. The molecule has 0 atom stereocenters. The van der Waals surface area contributed by atoms with Crippen molar-refractivity contribution in [3.63, 3.8) is 0 Å². The van der Waals surface area contributed by atoms with Crippen molar-refractivity contribution in [2.24, 2.45) is 0 Å². The average Bonchev–Trinajstić information content (AvgIpc) is 1.98. The molecule has 0 aromatic heterocycles. The van der Waals surface area contributed by atoms with Crippen LogP contribution in [0.5, 0.6) is 0 Å². The lowest BCUT2D eigenvalue weighted by Crippen LogP contribution is -2.44. The van der Waals surface area contributed by atoms with E-state index in [9.17, 15) is 0 Å². The van der Waals surface area contributed by atoms with Gasteiger partial charge in [-0.15, -0.1) is 0 Å². The first kappa shape index (κ1) is 16.0. The second-order valence-corrected chi connectivity index (χ2v) is 8.00. The highest BCUT2D eigenvalue weighted by molar-refractivity contribution is 7.80. The maximum absolute atomic E-state index is 5.91. The van der Waals surface area contributed by atoms with E-state index >= 15 is 0 Å². The van der Waals surface area contributed by atoms with Crippen molar-refractivity contribution in [1.29, 1.82) is 0 Å². The lowest BCUT2D eigenvalue weighted by Gasteiger charge is -2.31. The zero-order chi connectivity index (χ0) is 12.8. The molecule has 0 radical (unpaired) electrons. The molecule has 0 aliphatic carbocycles. The maximum Gasteiger partial charge on any atom is 0.344 e. The molecular weight excluding hydrogens is 240 g/mol. The molecule has 0 aliphatic rings. The first-order valence-corrected chi connectivity index (χ1v) is 8.73. The summed E-state index contributed by atoms with van der Waals surface area (Å²) >= 11 is 5.16. The summed E-state index contributed by atoms with van der Waals surface area (Å²) in [6.07, 6.45) is 0.305. The highest BCUT2D eigenvalue weighted by Crippen LogP contribution is 2.19. The Morgan fingerprint density at radius 1 is 1.12 bits per heavy atom. The second kappa shape index (κ2) is 7.37. The van der Waals surface area contributed by atoms with Gasteiger partial charge < -0.3 is 13.6 Å². The minimum absolute atomic E-state index is 0.153. The van der Waals surface area contributed by atoms with Crippen LogP contribution in [0.2, 0.25) is 12.6 Å². The van der Waals surface area contributed by atoms with E-state index in [1.807, 2.05) is 41.2 Å². The molecule has 0 unspecified atom stereocenters. The topological polar surface area (TPSA) is 27.7 Å². The van der Waals surface area contributed by atoms with E-state index in [1.165, 1.54) is 0 Å². The van der Waals surface area contributed by atoms with Crippen LogP contribution in [0.1, 0.15) is 34.6 Å². The summed E-state index contributed by atoms with van der Waals surface area (Å²) in [4.78, 5) is 0. The molecule has 0 aromatic rings. The SMILES string of the molecule is CCOC(=S)C[Si](C)(OC(C)C)OC(C)C. The van der Waals surface area contributed by atoms with E-state index in [4.69, 9.17) is 25.8 Å². The quantitative estimate of drug-likeness (QED) is 0.521. The molecule has 3 nitrogen and oxygen atoms in total. The van der Waals surface area contributed by atoms with Crippen LogP contribution in [-0.2, 0) is 13.6 Å². The van der Waals surface area contributed by atoms with Crippen LogP contribution in [0.4, 0.5) is 0 Å². The number of rotatable bonds is 7. The molecule has 0 saturated carbocycles. The molecule has 0 bridgehead atoms. The Balaban J connectivity index is 4.45. The van der Waals surface area contributed by atoms with E-state index in [0.29, 0.717) is 17.7 Å². The molecule has 16 heavy (non-hydrogen) atoms. The van der Waals surface area contributed by atoms with Crippen molar-refractivity contribution in [3.8, 4) is 0 Å². The fraction of sp³-hybridized carbons (Fsp3) is 0.909. The molecule has 0 N–H and O–H groups in total. The van der Waals surface area contributed by atoms with Gasteiger partial charge in [-0.2, -0.15) is 0 Å². The van der Waals surface area contributed by atoms with Crippen molar-refractivity contribution in [2.45, 2.75) is 59.4 Å². The fourth-order valence-corrected chi connectivity index (χ4v) is 5.33. The van der Waals surface area contributed by atoms with Gasteiger partial charge in [0.15, 0.2) is 5.05 Å². The summed E-state index contributed by atoms with van der Waals surface area (Å²) < 4.78 is 17.1. The molecule has 0 spiro atoms. The maximum atomic E-state index is 5.91. The van der Waals surface area contributed by atoms with Gasteiger partial charge in [-0.3, -0.25) is 0 Å². The first-order chi connectivity index (χ1) is 7.29. The normalized spacial score (nSPS) is 12.2. The van der Waals surface area contributed by atoms with Crippen molar-refractivity contribution in [1.82, 2.24) is 0 Å². The van der Waals surface area contributed by atoms with Crippen LogP contribution in [0, 0.1) is 0 Å². The number of hydrogen-bond acceptors (Lipinski definition) is 4. The van der Waals surface area contributed by atoms with Gasteiger partial charge in [0.1, 0.15) is 0 Å². The van der Waals surface area contributed by atoms with Gasteiger partial charge in [-0.05, 0) is 53.4 Å². The van der Waals surface area contributed by atoms with Gasteiger partial charge in [-0.1, -0.05) is 0 Å². The standard InChI is InChI=1S/C11H24O3SSi/c1-7-12-11(15)8-16(6,13-9(2)3)14-10(4)5/h9-10H,7-8H2,1-6H3. The van der Waals surface area contributed by atoms with E-state index in [-0.39, 0.29) is 12.2 Å². The molecular formula is C11H24O3SSi. The zero-order valence-corrected chi connectivity index (χ0v) is 13.0. The van der Waals surface area contributed by atoms with Crippen LogP contribution in [0.15, 0.2) is 0 Å². The lowest BCUT2D eigenvalue weighted by atomic mass is 10.5. The smallest absolute Gasteiger partial charge is 0.344 e. The summed E-state index contributed by atoms with van der Waals surface area (Å²) in [5, 5.41) is 0.595. The third kappa shape index (κ3) is 7.32. The van der Waals surface area contributed by atoms with Crippen LogP contribution >= 0.6 is 12.2 Å². The molecule has 0 heterocycles. The molecule has 0 saturated heterocycles. The molecule has 0 rings (SSSR count). The highest BCUT2D eigenvalue weighted by Gasteiger charge is 2.35. The van der Waals surface area contributed by atoms with Gasteiger partial charge in [0.05, 0.1) is 12.7 Å². The molecule has 96 valence electrons. The predicted molar refractivity (Wildman–Crippen MR) is 73.1 cm³/mol. The number of ether oxygens (including phenoxy) is 1. The number of thiocarbonyl (C=S) groups is 1. The van der Waals surface area contributed by atoms with Gasteiger partial charge in [-0.25, -0.2) is 0 Å². The third-order valence-electron chi connectivity index (χ3n) is 1.74. The van der Waals surface area contributed by atoms with Crippen LogP contribution in [-0.4, -0.2) is 32.4 Å². The van der Waals surface area contributed by atoms with Crippen molar-refractivity contribution in [2.75, 3.05) is 6.61 Å². The zero-order valence-electron chi connectivity index (χ0n) is 11.2. The summed E-state index contributed by atoms with van der Waals surface area (Å²) in [6.45, 7) is 12.6. The molecule has 0 aliphatic heterocycles. The van der Waals surface area contributed by atoms with Crippen LogP contribution in [0.25, 0.3) is 0 Å². The Labute approximate surface area is 106 Å². The Morgan fingerprint density at radius 3 is 1.88 bits per heavy atom. The Bertz CT molecular complexity index is 209. The average molecular weight is 264 g/mol. The van der Waals surface area contributed by atoms with E-state index in [2.05, 4.69) is 0 Å². The van der Waals surface area contributed by atoms with Crippen molar-refractivity contribution < 1.29 is 13.6 Å². The monoisotopic (exact) mass is 264 g/mol. The summed E-state index contributed by atoms with van der Waals surface area (Å²) in [6, 6.07) is 0.618. The third-order valence-corrected chi connectivity index (χ3v) is 5.16. The molecule has 5 heteroatoms. The summed E-state index contributed by atoms with van der Waals surface area (Å²) in [5.74, 6) is 0. The van der Waals surface area contributed by atoms with E-state index < -0.39 is 8.56 Å². The predicted octanol–water partition coefficient (Wildman–Crippen LogP) is 3.27.